The molecule has 0 radical (unpaired) electrons. The van der Waals surface area contributed by atoms with Crippen LogP contribution in [0.2, 0.25) is 0 Å². The Morgan fingerprint density at radius 2 is 1.56 bits per heavy atom. The van der Waals surface area contributed by atoms with E-state index < -0.39 is 10.0 Å². The van der Waals surface area contributed by atoms with E-state index in [-0.39, 0.29) is 11.3 Å². The summed E-state index contributed by atoms with van der Waals surface area (Å²) < 4.78 is 26.5. The maximum atomic E-state index is 11.8. The second-order valence-corrected chi connectivity index (χ2v) is 6.38. The van der Waals surface area contributed by atoms with E-state index in [0.29, 0.717) is 12.3 Å². The minimum atomic E-state index is -3.16. The summed E-state index contributed by atoms with van der Waals surface area (Å²) in [5.41, 5.74) is -0.264. The lowest BCUT2D eigenvalue weighted by Crippen LogP contribution is -2.47. The molecule has 0 aromatic heterocycles. The molecule has 0 amide bonds. The molecular formula is C11H24ClNO2S. The third kappa shape index (κ3) is 5.51. The average molecular weight is 270 g/mol. The van der Waals surface area contributed by atoms with Crippen molar-refractivity contribution in [3.05, 3.63) is 0 Å². The Morgan fingerprint density at radius 3 is 1.94 bits per heavy atom. The lowest BCUT2D eigenvalue weighted by atomic mass is 9.91. The first-order valence-corrected chi connectivity index (χ1v) is 8.21. The van der Waals surface area contributed by atoms with Crippen molar-refractivity contribution in [1.29, 1.82) is 0 Å². The number of sulfonamides is 1. The molecule has 0 aliphatic heterocycles. The van der Waals surface area contributed by atoms with E-state index in [2.05, 4.69) is 4.72 Å². The molecule has 3 nitrogen and oxygen atoms in total. The highest BCUT2D eigenvalue weighted by Crippen LogP contribution is 2.20. The third-order valence-corrected chi connectivity index (χ3v) is 5.04. The lowest BCUT2D eigenvalue weighted by Gasteiger charge is -2.31. The zero-order valence-corrected chi connectivity index (χ0v) is 12.1. The average Bonchev–Trinajstić information content (AvgIpc) is 2.26. The largest absolute Gasteiger partial charge is 0.212 e. The molecule has 0 heterocycles. The van der Waals surface area contributed by atoms with Crippen LogP contribution in [0.25, 0.3) is 0 Å². The van der Waals surface area contributed by atoms with Gasteiger partial charge in [-0.15, -0.1) is 11.6 Å². The SMILES string of the molecule is CCC(CC)(CC)NS(=O)(=O)CCCCCl. The predicted molar refractivity (Wildman–Crippen MR) is 70.5 cm³/mol. The van der Waals surface area contributed by atoms with Gasteiger partial charge in [-0.3, -0.25) is 0 Å². The molecule has 0 atom stereocenters. The van der Waals surface area contributed by atoms with E-state index in [1.54, 1.807) is 0 Å². The molecule has 98 valence electrons. The molecular weight excluding hydrogens is 246 g/mol. The van der Waals surface area contributed by atoms with Gasteiger partial charge in [0.2, 0.25) is 10.0 Å². The maximum Gasteiger partial charge on any atom is 0.212 e. The summed E-state index contributed by atoms with van der Waals surface area (Å²) >= 11 is 5.53. The van der Waals surface area contributed by atoms with Crippen LogP contribution in [0, 0.1) is 0 Å². The molecule has 0 aliphatic carbocycles. The molecule has 0 bridgehead atoms. The summed E-state index contributed by atoms with van der Waals surface area (Å²) in [6, 6.07) is 0. The number of halogens is 1. The first-order valence-electron chi connectivity index (χ1n) is 6.03. The van der Waals surface area contributed by atoms with Crippen LogP contribution in [-0.4, -0.2) is 25.6 Å². The van der Waals surface area contributed by atoms with Crippen molar-refractivity contribution < 1.29 is 8.42 Å². The quantitative estimate of drug-likeness (QED) is 0.517. The van der Waals surface area contributed by atoms with Gasteiger partial charge in [0.25, 0.3) is 0 Å². The summed E-state index contributed by atoms with van der Waals surface area (Å²) in [7, 11) is -3.16. The molecule has 0 unspecified atom stereocenters. The van der Waals surface area contributed by atoms with Gasteiger partial charge in [-0.05, 0) is 32.1 Å². The number of unbranched alkanes of at least 4 members (excludes halogenated alkanes) is 1. The highest BCUT2D eigenvalue weighted by atomic mass is 35.5. The van der Waals surface area contributed by atoms with Gasteiger partial charge < -0.3 is 0 Å². The maximum absolute atomic E-state index is 11.8. The minimum absolute atomic E-state index is 0.182. The van der Waals surface area contributed by atoms with Crippen LogP contribution in [0.5, 0.6) is 0 Å². The molecule has 0 spiro atoms. The first kappa shape index (κ1) is 16.2. The zero-order chi connectivity index (χ0) is 12.7. The Labute approximate surface area is 105 Å². The highest BCUT2D eigenvalue weighted by molar-refractivity contribution is 7.89. The number of alkyl halides is 1. The zero-order valence-electron chi connectivity index (χ0n) is 10.6. The fraction of sp³-hybridized carbons (Fsp3) is 1.00. The van der Waals surface area contributed by atoms with Gasteiger partial charge >= 0.3 is 0 Å². The van der Waals surface area contributed by atoms with Crippen LogP contribution in [0.3, 0.4) is 0 Å². The highest BCUT2D eigenvalue weighted by Gasteiger charge is 2.28. The van der Waals surface area contributed by atoms with Crippen molar-refractivity contribution in [1.82, 2.24) is 4.72 Å². The smallest absolute Gasteiger partial charge is 0.212 e. The van der Waals surface area contributed by atoms with E-state index >= 15 is 0 Å². The van der Waals surface area contributed by atoms with Crippen molar-refractivity contribution >= 4 is 21.6 Å². The van der Waals surface area contributed by atoms with Crippen LogP contribution in [0.1, 0.15) is 52.9 Å². The number of hydrogen-bond donors (Lipinski definition) is 1. The van der Waals surface area contributed by atoms with Gasteiger partial charge in [0.05, 0.1) is 5.75 Å². The number of rotatable bonds is 9. The van der Waals surface area contributed by atoms with Crippen molar-refractivity contribution in [2.24, 2.45) is 0 Å². The normalized spacial score (nSPS) is 13.0. The molecule has 0 aromatic carbocycles. The Morgan fingerprint density at radius 1 is 1.06 bits per heavy atom. The number of nitrogens with one attached hydrogen (secondary N) is 1. The lowest BCUT2D eigenvalue weighted by molar-refractivity contribution is 0.341. The van der Waals surface area contributed by atoms with E-state index in [9.17, 15) is 8.42 Å². The molecule has 0 rings (SSSR count). The minimum Gasteiger partial charge on any atom is -0.212 e. The van der Waals surface area contributed by atoms with E-state index in [4.69, 9.17) is 11.6 Å². The predicted octanol–water partition coefficient (Wildman–Crippen LogP) is 2.89. The van der Waals surface area contributed by atoms with E-state index in [1.165, 1.54) is 0 Å². The van der Waals surface area contributed by atoms with Gasteiger partial charge in [0.15, 0.2) is 0 Å². The molecule has 5 heteroatoms. The van der Waals surface area contributed by atoms with Crippen LogP contribution in [-0.2, 0) is 10.0 Å². The molecule has 1 N–H and O–H groups in total. The van der Waals surface area contributed by atoms with Gasteiger partial charge in [-0.2, -0.15) is 0 Å². The topological polar surface area (TPSA) is 46.2 Å². The Bertz CT molecular complexity index is 265. The van der Waals surface area contributed by atoms with E-state index in [1.807, 2.05) is 20.8 Å². The molecule has 0 saturated heterocycles. The second kappa shape index (κ2) is 7.51. The summed E-state index contributed by atoms with van der Waals surface area (Å²) in [5.74, 6) is 0.706. The number of hydrogen-bond acceptors (Lipinski definition) is 2. The van der Waals surface area contributed by atoms with Crippen molar-refractivity contribution in [2.75, 3.05) is 11.6 Å². The molecule has 0 aromatic rings. The Kier molecular flexibility index (Phi) is 7.61. The fourth-order valence-corrected chi connectivity index (χ4v) is 3.70. The Hall–Kier alpha value is 0.200. The summed E-state index contributed by atoms with van der Waals surface area (Å²) in [6.07, 6.45) is 3.87. The molecule has 16 heavy (non-hydrogen) atoms. The van der Waals surface area contributed by atoms with Crippen molar-refractivity contribution in [2.45, 2.75) is 58.4 Å². The molecule has 0 aliphatic rings. The van der Waals surface area contributed by atoms with Crippen LogP contribution >= 0.6 is 11.6 Å². The van der Waals surface area contributed by atoms with E-state index in [0.717, 1.165) is 25.7 Å². The summed E-state index contributed by atoms with van der Waals surface area (Å²) in [4.78, 5) is 0. The Balaban J connectivity index is 4.42. The molecule has 0 saturated carbocycles. The van der Waals surface area contributed by atoms with Gasteiger partial charge in [-0.25, -0.2) is 13.1 Å². The molecule has 0 fully saturated rings. The van der Waals surface area contributed by atoms with Gasteiger partial charge in [0, 0.05) is 11.4 Å². The van der Waals surface area contributed by atoms with Crippen LogP contribution < -0.4 is 4.72 Å². The second-order valence-electron chi connectivity index (χ2n) is 4.16. The van der Waals surface area contributed by atoms with Gasteiger partial charge in [0.1, 0.15) is 0 Å². The fourth-order valence-electron chi connectivity index (χ4n) is 1.73. The summed E-state index contributed by atoms with van der Waals surface area (Å²) in [5, 5.41) is 0. The van der Waals surface area contributed by atoms with Gasteiger partial charge in [-0.1, -0.05) is 20.8 Å². The standard InChI is InChI=1S/C11H24ClNO2S/c1-4-11(5-2,6-3)13-16(14,15)10-8-7-9-12/h13H,4-10H2,1-3H3. The van der Waals surface area contributed by atoms with Crippen molar-refractivity contribution in [3.63, 3.8) is 0 Å². The van der Waals surface area contributed by atoms with Crippen LogP contribution in [0.4, 0.5) is 0 Å². The monoisotopic (exact) mass is 269 g/mol. The van der Waals surface area contributed by atoms with Crippen LogP contribution in [0.15, 0.2) is 0 Å². The summed E-state index contributed by atoms with van der Waals surface area (Å²) in [6.45, 7) is 6.07. The van der Waals surface area contributed by atoms with Crippen molar-refractivity contribution in [3.8, 4) is 0 Å². The third-order valence-electron chi connectivity index (χ3n) is 3.20. The first-order chi connectivity index (χ1) is 7.45.